The van der Waals surface area contributed by atoms with Gasteiger partial charge in [-0.1, -0.05) is 11.6 Å². The number of phenolic OH excluding ortho intramolecular Hbond substituents is 1. The van der Waals surface area contributed by atoms with Crippen molar-refractivity contribution in [1.29, 1.82) is 0 Å². The molecule has 0 fully saturated rings. The summed E-state index contributed by atoms with van der Waals surface area (Å²) in [5.41, 5.74) is 2.09. The lowest BCUT2D eigenvalue weighted by molar-refractivity contribution is -0.895. The molecular weight excluding hydrogens is 348 g/mol. The zero-order valence-electron chi connectivity index (χ0n) is 13.4. The van der Waals surface area contributed by atoms with Crippen LogP contribution in [0.15, 0.2) is 23.2 Å². The van der Waals surface area contributed by atoms with Crippen LogP contribution >= 0.6 is 22.9 Å². The van der Waals surface area contributed by atoms with E-state index in [-0.39, 0.29) is 11.7 Å². The number of nitrogens with one attached hydrogen (secondary N) is 1. The number of thiophene rings is 1. The highest BCUT2D eigenvalue weighted by Crippen LogP contribution is 2.37. The van der Waals surface area contributed by atoms with Gasteiger partial charge >= 0.3 is 5.97 Å². The van der Waals surface area contributed by atoms with Gasteiger partial charge in [-0.3, -0.25) is 0 Å². The van der Waals surface area contributed by atoms with Crippen molar-refractivity contribution >= 4 is 40.1 Å². The monoisotopic (exact) mass is 365 g/mol. The largest absolute Gasteiger partial charge is 0.507 e. The molecule has 5 nitrogen and oxygen atoms in total. The van der Waals surface area contributed by atoms with E-state index in [0.29, 0.717) is 21.2 Å². The van der Waals surface area contributed by atoms with Gasteiger partial charge in [-0.15, -0.1) is 11.3 Å². The summed E-state index contributed by atoms with van der Waals surface area (Å²) in [6, 6.07) is 4.75. The zero-order valence-corrected chi connectivity index (χ0v) is 15.0. The lowest BCUT2D eigenvalue weighted by Crippen LogP contribution is -3.08. The van der Waals surface area contributed by atoms with Crippen LogP contribution in [0, 0.1) is 0 Å². The van der Waals surface area contributed by atoms with E-state index in [1.54, 1.807) is 12.1 Å². The predicted molar refractivity (Wildman–Crippen MR) is 95.2 cm³/mol. The van der Waals surface area contributed by atoms with Crippen molar-refractivity contribution in [3.05, 3.63) is 44.8 Å². The number of benzene rings is 1. The number of rotatable bonds is 3. The van der Waals surface area contributed by atoms with Crippen LogP contribution in [0.1, 0.15) is 26.4 Å². The molecule has 0 saturated heterocycles. The van der Waals surface area contributed by atoms with Gasteiger partial charge in [0.2, 0.25) is 0 Å². The molecule has 2 heterocycles. The van der Waals surface area contributed by atoms with Gasteiger partial charge in [0, 0.05) is 23.2 Å². The number of likely N-dealkylation sites (N-methyl/N-ethyl adjacent to an activating group) is 1. The number of ether oxygens (including phenoxy) is 1. The number of esters is 1. The van der Waals surface area contributed by atoms with Crippen LogP contribution in [0.4, 0.5) is 5.00 Å². The van der Waals surface area contributed by atoms with Gasteiger partial charge in [-0.2, -0.15) is 0 Å². The molecule has 0 aliphatic carbocycles. The Kier molecular flexibility index (Phi) is 4.89. The molecule has 126 valence electrons. The van der Waals surface area contributed by atoms with Crippen molar-refractivity contribution < 1.29 is 19.5 Å². The fourth-order valence-corrected chi connectivity index (χ4v) is 4.24. The number of nitrogens with zero attached hydrogens (tertiary/aromatic N) is 1. The molecule has 0 amide bonds. The number of carbonyl (C=O) groups is 1. The molecule has 24 heavy (non-hydrogen) atoms. The normalized spacial score (nSPS) is 17.0. The number of quaternary nitrogens is 1. The average Bonchev–Trinajstić information content (AvgIpc) is 2.92. The maximum atomic E-state index is 12.2. The van der Waals surface area contributed by atoms with Crippen molar-refractivity contribution in [3.63, 3.8) is 0 Å². The van der Waals surface area contributed by atoms with E-state index >= 15 is 0 Å². The minimum atomic E-state index is -0.366. The van der Waals surface area contributed by atoms with Crippen LogP contribution < -0.4 is 4.90 Å². The van der Waals surface area contributed by atoms with Crippen LogP contribution in [-0.4, -0.2) is 38.0 Å². The van der Waals surface area contributed by atoms with E-state index in [1.165, 1.54) is 40.5 Å². The summed E-state index contributed by atoms with van der Waals surface area (Å²) in [4.78, 5) is 19.2. The van der Waals surface area contributed by atoms with Crippen molar-refractivity contribution in [2.45, 2.75) is 13.0 Å². The quantitative estimate of drug-likeness (QED) is 0.647. The SMILES string of the molecule is COC(=O)c1c(/N=C/c2cc(Cl)ccc2O)sc2c1CC[NH+](C)C2. The van der Waals surface area contributed by atoms with E-state index in [1.807, 2.05) is 0 Å². The number of phenols is 1. The van der Waals surface area contributed by atoms with Gasteiger partial charge in [0.1, 0.15) is 22.9 Å². The number of hydrogen-bond donors (Lipinski definition) is 2. The number of carbonyl (C=O) groups excluding carboxylic acids is 1. The smallest absolute Gasteiger partial charge is 0.341 e. The fourth-order valence-electron chi connectivity index (χ4n) is 2.77. The van der Waals surface area contributed by atoms with Crippen LogP contribution in [0.3, 0.4) is 0 Å². The molecule has 1 aliphatic heterocycles. The number of methoxy groups -OCH3 is 1. The second-order valence-electron chi connectivity index (χ2n) is 5.77. The van der Waals surface area contributed by atoms with E-state index in [9.17, 15) is 9.90 Å². The van der Waals surface area contributed by atoms with Crippen LogP contribution in [-0.2, 0) is 17.7 Å². The van der Waals surface area contributed by atoms with Crippen LogP contribution in [0.5, 0.6) is 5.75 Å². The third-order valence-electron chi connectivity index (χ3n) is 4.04. The number of aromatic hydroxyl groups is 1. The van der Waals surface area contributed by atoms with Crippen LogP contribution in [0.25, 0.3) is 0 Å². The molecular formula is C17H18ClN2O3S+. The summed E-state index contributed by atoms with van der Waals surface area (Å²) < 4.78 is 4.94. The van der Waals surface area contributed by atoms with Crippen molar-refractivity contribution in [1.82, 2.24) is 0 Å². The van der Waals surface area contributed by atoms with Gasteiger partial charge in [0.05, 0.1) is 25.6 Å². The zero-order chi connectivity index (χ0) is 17.3. The minimum absolute atomic E-state index is 0.0910. The first-order valence-corrected chi connectivity index (χ1v) is 8.75. The first kappa shape index (κ1) is 17.0. The standard InChI is InChI=1S/C17H17ClN2O3S/c1-20-6-5-12-14(9-20)24-16(15(12)17(22)23-2)19-8-10-7-11(18)3-4-13(10)21/h3-4,7-8,21H,5-6,9H2,1-2H3/p+1/b19-8+. The third kappa shape index (κ3) is 3.31. The molecule has 0 spiro atoms. The number of fused-ring (bicyclic) bond motifs is 1. The Labute approximate surface area is 149 Å². The van der Waals surface area contributed by atoms with Gasteiger partial charge in [-0.05, 0) is 23.8 Å². The Bertz CT molecular complexity index is 816. The highest BCUT2D eigenvalue weighted by Gasteiger charge is 2.29. The van der Waals surface area contributed by atoms with E-state index < -0.39 is 0 Å². The fraction of sp³-hybridized carbons (Fsp3) is 0.294. The minimum Gasteiger partial charge on any atom is -0.507 e. The van der Waals surface area contributed by atoms with Gasteiger partial charge in [0.25, 0.3) is 0 Å². The molecule has 2 N–H and O–H groups in total. The molecule has 1 aromatic carbocycles. The van der Waals surface area contributed by atoms with Crippen molar-refractivity contribution in [3.8, 4) is 5.75 Å². The highest BCUT2D eigenvalue weighted by atomic mass is 35.5. The van der Waals surface area contributed by atoms with E-state index in [0.717, 1.165) is 25.1 Å². The molecule has 0 bridgehead atoms. The number of hydrogen-bond acceptors (Lipinski definition) is 5. The summed E-state index contributed by atoms with van der Waals surface area (Å²) in [5, 5.41) is 11.0. The van der Waals surface area contributed by atoms with E-state index in [4.69, 9.17) is 16.3 Å². The Hall–Kier alpha value is -1.89. The van der Waals surface area contributed by atoms with Gasteiger partial charge < -0.3 is 14.7 Å². The summed E-state index contributed by atoms with van der Waals surface area (Å²) in [6.07, 6.45) is 2.36. The summed E-state index contributed by atoms with van der Waals surface area (Å²) >= 11 is 7.46. The third-order valence-corrected chi connectivity index (χ3v) is 5.41. The average molecular weight is 366 g/mol. The Balaban J connectivity index is 2.02. The number of halogens is 1. The molecule has 0 saturated carbocycles. The highest BCUT2D eigenvalue weighted by molar-refractivity contribution is 7.16. The lowest BCUT2D eigenvalue weighted by Gasteiger charge is -2.19. The first-order chi connectivity index (χ1) is 11.5. The molecule has 2 aromatic rings. The molecule has 1 aliphatic rings. The summed E-state index contributed by atoms with van der Waals surface area (Å²) in [6.45, 7) is 1.86. The molecule has 7 heteroatoms. The maximum absolute atomic E-state index is 12.2. The summed E-state index contributed by atoms with van der Waals surface area (Å²) in [5.74, 6) is -0.275. The Morgan fingerprint density at radius 1 is 1.50 bits per heavy atom. The van der Waals surface area contributed by atoms with E-state index in [2.05, 4.69) is 12.0 Å². The molecule has 1 aromatic heterocycles. The second kappa shape index (κ2) is 6.93. The van der Waals surface area contributed by atoms with Crippen molar-refractivity contribution in [2.24, 2.45) is 4.99 Å². The first-order valence-electron chi connectivity index (χ1n) is 7.56. The molecule has 3 rings (SSSR count). The number of aliphatic imine (C=N–C) groups is 1. The molecule has 1 atom stereocenters. The van der Waals surface area contributed by atoms with Gasteiger partial charge in [-0.25, -0.2) is 9.79 Å². The topological polar surface area (TPSA) is 63.3 Å². The summed E-state index contributed by atoms with van der Waals surface area (Å²) in [7, 11) is 3.51. The molecule has 0 radical (unpaired) electrons. The van der Waals surface area contributed by atoms with Crippen molar-refractivity contribution in [2.75, 3.05) is 20.7 Å². The second-order valence-corrected chi connectivity index (χ2v) is 7.29. The Morgan fingerprint density at radius 3 is 3.04 bits per heavy atom. The molecule has 1 unspecified atom stereocenters. The van der Waals surface area contributed by atoms with Crippen LogP contribution in [0.2, 0.25) is 5.02 Å². The van der Waals surface area contributed by atoms with Gasteiger partial charge in [0.15, 0.2) is 0 Å². The predicted octanol–water partition coefficient (Wildman–Crippen LogP) is 2.22. The Morgan fingerprint density at radius 2 is 2.29 bits per heavy atom. The lowest BCUT2D eigenvalue weighted by atomic mass is 10.0. The maximum Gasteiger partial charge on any atom is 0.341 e.